The standard InChI is InChI=1S/C13H15F2NOS/c14-13(15)18-11-7-5-10(6-8-11)16-12(17)9-3-1-2-4-9/h5-9,13H,1-4H2,(H,16,17). The second-order valence-electron chi connectivity index (χ2n) is 4.37. The Balaban J connectivity index is 1.91. The van der Waals surface area contributed by atoms with Gasteiger partial charge in [0.15, 0.2) is 0 Å². The SMILES string of the molecule is O=C(Nc1ccc(SC(F)F)cc1)C1CCCC1. The van der Waals surface area contributed by atoms with E-state index in [2.05, 4.69) is 5.32 Å². The number of hydrogen-bond acceptors (Lipinski definition) is 2. The van der Waals surface area contributed by atoms with Crippen molar-refractivity contribution >= 4 is 23.4 Å². The van der Waals surface area contributed by atoms with Gasteiger partial charge in [0.25, 0.3) is 5.76 Å². The van der Waals surface area contributed by atoms with E-state index in [1.807, 2.05) is 0 Å². The molecule has 0 atom stereocenters. The first kappa shape index (κ1) is 13.3. The van der Waals surface area contributed by atoms with Gasteiger partial charge in [-0.25, -0.2) is 0 Å². The van der Waals surface area contributed by atoms with Gasteiger partial charge in [0.1, 0.15) is 0 Å². The largest absolute Gasteiger partial charge is 0.326 e. The van der Waals surface area contributed by atoms with Gasteiger partial charge in [0.05, 0.1) is 0 Å². The highest BCUT2D eigenvalue weighted by molar-refractivity contribution is 7.99. The van der Waals surface area contributed by atoms with Crippen LogP contribution in [0.4, 0.5) is 14.5 Å². The molecular formula is C13H15F2NOS. The maximum Gasteiger partial charge on any atom is 0.288 e. The monoisotopic (exact) mass is 271 g/mol. The van der Waals surface area contributed by atoms with Crippen LogP contribution in [0.5, 0.6) is 0 Å². The predicted molar refractivity (Wildman–Crippen MR) is 68.9 cm³/mol. The highest BCUT2D eigenvalue weighted by Crippen LogP contribution is 2.28. The van der Waals surface area contributed by atoms with Crippen molar-refractivity contribution in [2.24, 2.45) is 5.92 Å². The fraction of sp³-hybridized carbons (Fsp3) is 0.462. The number of carbonyl (C=O) groups excluding carboxylic acids is 1. The molecule has 2 nitrogen and oxygen atoms in total. The van der Waals surface area contributed by atoms with E-state index in [1.54, 1.807) is 24.3 Å². The summed E-state index contributed by atoms with van der Waals surface area (Å²) < 4.78 is 24.3. The van der Waals surface area contributed by atoms with Crippen LogP contribution in [0.1, 0.15) is 25.7 Å². The average molecular weight is 271 g/mol. The predicted octanol–water partition coefficient (Wildman–Crippen LogP) is 4.13. The first-order valence-electron chi connectivity index (χ1n) is 6.01. The van der Waals surface area contributed by atoms with E-state index in [0.717, 1.165) is 25.7 Å². The molecule has 0 heterocycles. The molecule has 0 aromatic heterocycles. The highest BCUT2D eigenvalue weighted by Gasteiger charge is 2.22. The van der Waals surface area contributed by atoms with Crippen LogP contribution < -0.4 is 5.32 Å². The third-order valence-corrected chi connectivity index (χ3v) is 3.80. The van der Waals surface area contributed by atoms with E-state index in [4.69, 9.17) is 0 Å². The Bertz CT molecular complexity index is 402. The zero-order valence-corrected chi connectivity index (χ0v) is 10.7. The molecule has 98 valence electrons. The van der Waals surface area contributed by atoms with E-state index in [0.29, 0.717) is 22.3 Å². The summed E-state index contributed by atoms with van der Waals surface area (Å²) in [6.45, 7) is 0. The van der Waals surface area contributed by atoms with E-state index >= 15 is 0 Å². The molecule has 2 rings (SSSR count). The van der Waals surface area contributed by atoms with Gasteiger partial charge < -0.3 is 5.32 Å². The van der Waals surface area contributed by atoms with Crippen LogP contribution in [0, 0.1) is 5.92 Å². The summed E-state index contributed by atoms with van der Waals surface area (Å²) in [5.41, 5.74) is 0.672. The first-order valence-corrected chi connectivity index (χ1v) is 6.89. The molecule has 1 amide bonds. The number of rotatable bonds is 4. The van der Waals surface area contributed by atoms with E-state index in [1.165, 1.54) is 0 Å². The zero-order valence-electron chi connectivity index (χ0n) is 9.86. The summed E-state index contributed by atoms with van der Waals surface area (Å²) in [5, 5.41) is 2.83. The summed E-state index contributed by atoms with van der Waals surface area (Å²) in [6.07, 6.45) is 4.13. The number of hydrogen-bond donors (Lipinski definition) is 1. The Labute approximate surface area is 109 Å². The van der Waals surface area contributed by atoms with Crippen LogP contribution in [0.2, 0.25) is 0 Å². The zero-order chi connectivity index (χ0) is 13.0. The average Bonchev–Trinajstić information content (AvgIpc) is 2.84. The van der Waals surface area contributed by atoms with Crippen LogP contribution in [0.3, 0.4) is 0 Å². The maximum atomic E-state index is 12.1. The van der Waals surface area contributed by atoms with Gasteiger partial charge in [0.2, 0.25) is 5.91 Å². The van der Waals surface area contributed by atoms with Crippen molar-refractivity contribution in [1.82, 2.24) is 0 Å². The van der Waals surface area contributed by atoms with E-state index in [9.17, 15) is 13.6 Å². The molecule has 1 aromatic carbocycles. The number of halogens is 2. The van der Waals surface area contributed by atoms with Crippen molar-refractivity contribution in [3.63, 3.8) is 0 Å². The van der Waals surface area contributed by atoms with Crippen molar-refractivity contribution in [2.75, 3.05) is 5.32 Å². The Morgan fingerprint density at radius 1 is 1.22 bits per heavy atom. The van der Waals surface area contributed by atoms with Crippen LogP contribution in [0.25, 0.3) is 0 Å². The molecule has 1 N–H and O–H groups in total. The smallest absolute Gasteiger partial charge is 0.288 e. The molecule has 0 spiro atoms. The normalized spacial score (nSPS) is 16.2. The minimum absolute atomic E-state index is 0.0433. The van der Waals surface area contributed by atoms with Gasteiger partial charge in [-0.1, -0.05) is 24.6 Å². The second kappa shape index (κ2) is 6.18. The van der Waals surface area contributed by atoms with Gasteiger partial charge in [0, 0.05) is 16.5 Å². The molecule has 0 radical (unpaired) electrons. The highest BCUT2D eigenvalue weighted by atomic mass is 32.2. The lowest BCUT2D eigenvalue weighted by molar-refractivity contribution is -0.119. The molecule has 0 unspecified atom stereocenters. The van der Waals surface area contributed by atoms with Gasteiger partial charge in [-0.3, -0.25) is 4.79 Å². The van der Waals surface area contributed by atoms with Crippen LogP contribution >= 0.6 is 11.8 Å². The molecule has 1 fully saturated rings. The Morgan fingerprint density at radius 3 is 2.39 bits per heavy atom. The number of amides is 1. The lowest BCUT2D eigenvalue weighted by Crippen LogP contribution is -2.20. The van der Waals surface area contributed by atoms with Crippen LogP contribution in [-0.4, -0.2) is 11.7 Å². The van der Waals surface area contributed by atoms with Crippen molar-refractivity contribution < 1.29 is 13.6 Å². The summed E-state index contributed by atoms with van der Waals surface area (Å²) in [5.74, 6) is -2.26. The molecule has 0 saturated heterocycles. The van der Waals surface area contributed by atoms with Gasteiger partial charge >= 0.3 is 0 Å². The van der Waals surface area contributed by atoms with E-state index < -0.39 is 5.76 Å². The minimum Gasteiger partial charge on any atom is -0.326 e. The molecule has 0 aliphatic heterocycles. The summed E-state index contributed by atoms with van der Waals surface area (Å²) in [6, 6.07) is 6.53. The van der Waals surface area contributed by atoms with Crippen LogP contribution in [0.15, 0.2) is 29.2 Å². The molecule has 0 bridgehead atoms. The number of carbonyl (C=O) groups is 1. The molecule has 5 heteroatoms. The summed E-state index contributed by atoms with van der Waals surface area (Å²) in [4.78, 5) is 12.3. The quantitative estimate of drug-likeness (QED) is 0.834. The van der Waals surface area contributed by atoms with Gasteiger partial charge in [-0.15, -0.1) is 0 Å². The summed E-state index contributed by atoms with van der Waals surface area (Å²) >= 11 is 0.505. The Morgan fingerprint density at radius 2 is 1.83 bits per heavy atom. The van der Waals surface area contributed by atoms with Crippen LogP contribution in [-0.2, 0) is 4.79 Å². The number of nitrogens with one attached hydrogen (secondary N) is 1. The third-order valence-electron chi connectivity index (χ3n) is 3.07. The van der Waals surface area contributed by atoms with Crippen molar-refractivity contribution in [1.29, 1.82) is 0 Å². The van der Waals surface area contributed by atoms with Gasteiger partial charge in [-0.05, 0) is 37.1 Å². The lowest BCUT2D eigenvalue weighted by atomic mass is 10.1. The number of alkyl halides is 2. The molecular weight excluding hydrogens is 256 g/mol. The molecule has 1 aromatic rings. The lowest BCUT2D eigenvalue weighted by Gasteiger charge is -2.10. The number of anilines is 1. The molecule has 1 aliphatic carbocycles. The fourth-order valence-electron chi connectivity index (χ4n) is 2.15. The van der Waals surface area contributed by atoms with Crippen molar-refractivity contribution in [2.45, 2.75) is 36.3 Å². The summed E-state index contributed by atoms with van der Waals surface area (Å²) in [7, 11) is 0. The molecule has 18 heavy (non-hydrogen) atoms. The first-order chi connectivity index (χ1) is 8.65. The minimum atomic E-state index is -2.41. The topological polar surface area (TPSA) is 29.1 Å². The second-order valence-corrected chi connectivity index (χ2v) is 5.44. The van der Waals surface area contributed by atoms with E-state index in [-0.39, 0.29) is 11.8 Å². The van der Waals surface area contributed by atoms with Crippen molar-refractivity contribution in [3.8, 4) is 0 Å². The Hall–Kier alpha value is -1.10. The Kier molecular flexibility index (Phi) is 4.58. The van der Waals surface area contributed by atoms with Crippen molar-refractivity contribution in [3.05, 3.63) is 24.3 Å². The number of thioether (sulfide) groups is 1. The maximum absolute atomic E-state index is 12.1. The fourth-order valence-corrected chi connectivity index (χ4v) is 2.65. The molecule has 1 saturated carbocycles. The van der Waals surface area contributed by atoms with Gasteiger partial charge in [-0.2, -0.15) is 8.78 Å². The third kappa shape index (κ3) is 3.70. The number of benzene rings is 1. The molecule has 1 aliphatic rings.